The lowest BCUT2D eigenvalue weighted by atomic mass is 9.91. The third kappa shape index (κ3) is 4.10. The average Bonchev–Trinajstić information content (AvgIpc) is 2.27. The second-order valence-electron chi connectivity index (χ2n) is 4.98. The van der Waals surface area contributed by atoms with Crippen molar-refractivity contribution in [2.75, 3.05) is 6.54 Å². The first kappa shape index (κ1) is 15.2. The summed E-state index contributed by atoms with van der Waals surface area (Å²) in [6.45, 7) is 5.48. The van der Waals surface area contributed by atoms with Gasteiger partial charge in [-0.1, -0.05) is 32.4 Å². The van der Waals surface area contributed by atoms with Crippen LogP contribution in [-0.4, -0.2) is 18.2 Å². The molecule has 0 aliphatic rings. The molecule has 0 saturated carbocycles. The Labute approximate surface area is 120 Å². The fraction of sp³-hybridized carbons (Fsp3) is 0.385. The summed E-state index contributed by atoms with van der Waals surface area (Å²) in [5, 5.41) is 3.05. The van der Waals surface area contributed by atoms with E-state index in [4.69, 9.17) is 11.6 Å². The first-order chi connectivity index (χ1) is 8.21. The van der Waals surface area contributed by atoms with Crippen molar-refractivity contribution in [3.05, 3.63) is 33.3 Å². The molecule has 0 bridgehead atoms. The molecule has 1 aromatic rings. The van der Waals surface area contributed by atoms with Gasteiger partial charge in [-0.05, 0) is 34.1 Å². The monoisotopic (exact) mass is 331 g/mol. The molecule has 18 heavy (non-hydrogen) atoms. The van der Waals surface area contributed by atoms with Crippen LogP contribution in [0.1, 0.15) is 31.1 Å². The zero-order chi connectivity index (χ0) is 13.9. The smallest absolute Gasteiger partial charge is 0.251 e. The lowest BCUT2D eigenvalue weighted by Gasteiger charge is -2.16. The number of carbonyl (C=O) groups excluding carboxylic acids is 2. The van der Waals surface area contributed by atoms with E-state index in [0.717, 1.165) is 4.47 Å². The van der Waals surface area contributed by atoms with Crippen molar-refractivity contribution in [2.45, 2.75) is 20.8 Å². The molecule has 1 N–H and O–H groups in total. The van der Waals surface area contributed by atoms with Crippen LogP contribution in [0.2, 0.25) is 5.02 Å². The van der Waals surface area contributed by atoms with Crippen molar-refractivity contribution in [1.82, 2.24) is 5.32 Å². The van der Waals surface area contributed by atoms with Crippen LogP contribution < -0.4 is 5.32 Å². The van der Waals surface area contributed by atoms with E-state index < -0.39 is 5.41 Å². The SMILES string of the molecule is CC(C)(C)C(=O)CNC(=O)c1ccc(Br)c(Cl)c1. The van der Waals surface area contributed by atoms with E-state index in [2.05, 4.69) is 21.2 Å². The standard InChI is InChI=1S/C13H15BrClNO2/c1-13(2,3)11(17)7-16-12(18)8-4-5-9(14)10(15)6-8/h4-6H,7H2,1-3H3,(H,16,18). The van der Waals surface area contributed by atoms with Crippen molar-refractivity contribution in [3.63, 3.8) is 0 Å². The number of hydrogen-bond acceptors (Lipinski definition) is 2. The Bertz CT molecular complexity index is 480. The van der Waals surface area contributed by atoms with Gasteiger partial charge in [-0.15, -0.1) is 0 Å². The first-order valence-corrected chi connectivity index (χ1v) is 6.65. The van der Waals surface area contributed by atoms with E-state index in [1.54, 1.807) is 18.2 Å². The summed E-state index contributed by atoms with van der Waals surface area (Å²) in [5.74, 6) is -0.318. The highest BCUT2D eigenvalue weighted by Crippen LogP contribution is 2.23. The Morgan fingerprint density at radius 3 is 2.44 bits per heavy atom. The topological polar surface area (TPSA) is 46.2 Å². The predicted molar refractivity (Wildman–Crippen MR) is 75.9 cm³/mol. The largest absolute Gasteiger partial charge is 0.345 e. The lowest BCUT2D eigenvalue weighted by molar-refractivity contribution is -0.125. The van der Waals surface area contributed by atoms with Crippen LogP contribution in [-0.2, 0) is 4.79 Å². The summed E-state index contributed by atoms with van der Waals surface area (Å²) in [4.78, 5) is 23.5. The van der Waals surface area contributed by atoms with Crippen molar-refractivity contribution in [3.8, 4) is 0 Å². The molecule has 1 aromatic carbocycles. The fourth-order valence-electron chi connectivity index (χ4n) is 1.17. The number of carbonyl (C=O) groups is 2. The Morgan fingerprint density at radius 1 is 1.33 bits per heavy atom. The fourth-order valence-corrected chi connectivity index (χ4v) is 1.59. The van der Waals surface area contributed by atoms with Crippen molar-refractivity contribution < 1.29 is 9.59 Å². The third-order valence-corrected chi connectivity index (χ3v) is 3.66. The minimum absolute atomic E-state index is 0.0148. The molecule has 0 atom stereocenters. The second kappa shape index (κ2) is 5.85. The number of nitrogens with one attached hydrogen (secondary N) is 1. The van der Waals surface area contributed by atoms with Gasteiger partial charge in [0.25, 0.3) is 5.91 Å². The maximum atomic E-state index is 11.8. The predicted octanol–water partition coefficient (Wildman–Crippen LogP) is 3.45. The van der Waals surface area contributed by atoms with E-state index >= 15 is 0 Å². The van der Waals surface area contributed by atoms with Crippen LogP contribution >= 0.6 is 27.5 Å². The summed E-state index contributed by atoms with van der Waals surface area (Å²) >= 11 is 9.15. The molecule has 0 aliphatic heterocycles. The number of hydrogen-bond donors (Lipinski definition) is 1. The lowest BCUT2D eigenvalue weighted by Crippen LogP contribution is -2.35. The maximum Gasteiger partial charge on any atom is 0.251 e. The molecule has 0 heterocycles. The van der Waals surface area contributed by atoms with Crippen LogP contribution in [0, 0.1) is 5.41 Å². The van der Waals surface area contributed by atoms with E-state index in [-0.39, 0.29) is 18.2 Å². The molecule has 0 fully saturated rings. The molecule has 98 valence electrons. The van der Waals surface area contributed by atoms with Crippen molar-refractivity contribution in [2.24, 2.45) is 5.41 Å². The normalized spacial score (nSPS) is 11.2. The van der Waals surface area contributed by atoms with Gasteiger partial charge in [-0.3, -0.25) is 9.59 Å². The number of amides is 1. The Morgan fingerprint density at radius 2 is 1.94 bits per heavy atom. The Hall–Kier alpha value is -0.870. The first-order valence-electron chi connectivity index (χ1n) is 5.48. The zero-order valence-electron chi connectivity index (χ0n) is 10.5. The second-order valence-corrected chi connectivity index (χ2v) is 6.25. The van der Waals surface area contributed by atoms with Crippen LogP contribution in [0.15, 0.2) is 22.7 Å². The molecular weight excluding hydrogens is 318 g/mol. The van der Waals surface area contributed by atoms with Gasteiger partial charge in [0.05, 0.1) is 11.6 Å². The van der Waals surface area contributed by atoms with Crippen LogP contribution in [0.4, 0.5) is 0 Å². The quantitative estimate of drug-likeness (QED) is 0.921. The summed E-state index contributed by atoms with van der Waals surface area (Å²) in [7, 11) is 0. The Kier molecular flexibility index (Phi) is 4.93. The van der Waals surface area contributed by atoms with Crippen LogP contribution in [0.5, 0.6) is 0 Å². The van der Waals surface area contributed by atoms with E-state index in [0.29, 0.717) is 10.6 Å². The highest BCUT2D eigenvalue weighted by Gasteiger charge is 2.21. The van der Waals surface area contributed by atoms with Gasteiger partial charge in [-0.2, -0.15) is 0 Å². The molecule has 0 saturated heterocycles. The molecule has 3 nitrogen and oxygen atoms in total. The van der Waals surface area contributed by atoms with Gasteiger partial charge in [0.2, 0.25) is 0 Å². The number of benzene rings is 1. The summed E-state index contributed by atoms with van der Waals surface area (Å²) in [6.07, 6.45) is 0. The van der Waals surface area contributed by atoms with Crippen molar-refractivity contribution >= 4 is 39.2 Å². The molecule has 0 spiro atoms. The number of Topliss-reactive ketones (excluding diaryl/α,β-unsaturated/α-hetero) is 1. The zero-order valence-corrected chi connectivity index (χ0v) is 12.9. The maximum absolute atomic E-state index is 11.8. The highest BCUT2D eigenvalue weighted by atomic mass is 79.9. The van der Waals surface area contributed by atoms with Crippen LogP contribution in [0.25, 0.3) is 0 Å². The van der Waals surface area contributed by atoms with Gasteiger partial charge in [0, 0.05) is 15.5 Å². The third-order valence-electron chi connectivity index (χ3n) is 2.43. The summed E-state index contributed by atoms with van der Waals surface area (Å²) < 4.78 is 0.728. The van der Waals surface area contributed by atoms with E-state index in [9.17, 15) is 9.59 Å². The minimum atomic E-state index is -0.454. The van der Waals surface area contributed by atoms with Gasteiger partial charge < -0.3 is 5.32 Å². The minimum Gasteiger partial charge on any atom is -0.345 e. The van der Waals surface area contributed by atoms with Crippen LogP contribution in [0.3, 0.4) is 0 Å². The summed E-state index contributed by atoms with van der Waals surface area (Å²) in [6, 6.07) is 4.90. The van der Waals surface area contributed by atoms with Crippen molar-refractivity contribution in [1.29, 1.82) is 0 Å². The number of rotatable bonds is 3. The molecule has 1 rings (SSSR count). The molecular formula is C13H15BrClNO2. The highest BCUT2D eigenvalue weighted by molar-refractivity contribution is 9.10. The Balaban J connectivity index is 2.66. The number of ketones is 1. The molecule has 0 unspecified atom stereocenters. The van der Waals surface area contributed by atoms with E-state index in [1.807, 2.05) is 20.8 Å². The van der Waals surface area contributed by atoms with E-state index in [1.165, 1.54) is 0 Å². The number of halogens is 2. The van der Waals surface area contributed by atoms with Gasteiger partial charge in [-0.25, -0.2) is 0 Å². The molecule has 5 heteroatoms. The summed E-state index contributed by atoms with van der Waals surface area (Å²) in [5.41, 5.74) is -0.0186. The molecule has 0 radical (unpaired) electrons. The molecule has 1 amide bonds. The van der Waals surface area contributed by atoms with Gasteiger partial charge in [0.1, 0.15) is 0 Å². The average molecular weight is 333 g/mol. The van der Waals surface area contributed by atoms with Gasteiger partial charge in [0.15, 0.2) is 5.78 Å². The van der Waals surface area contributed by atoms with Gasteiger partial charge >= 0.3 is 0 Å². The molecule has 0 aliphatic carbocycles. The molecule has 0 aromatic heterocycles.